The molecule has 0 fully saturated rings. The number of halogens is 2. The van der Waals surface area contributed by atoms with Crippen LogP contribution >= 0.6 is 11.8 Å². The van der Waals surface area contributed by atoms with E-state index >= 15 is 0 Å². The summed E-state index contributed by atoms with van der Waals surface area (Å²) in [5, 5.41) is 12.4. The van der Waals surface area contributed by atoms with Crippen molar-refractivity contribution >= 4 is 11.8 Å². The minimum atomic E-state index is -2.59. The second-order valence-corrected chi connectivity index (χ2v) is 5.20. The molecule has 2 nitrogen and oxygen atoms in total. The fraction of sp³-hybridized carbons (Fsp3) is 0.500. The van der Waals surface area contributed by atoms with Gasteiger partial charge in [-0.2, -0.15) is 0 Å². The van der Waals surface area contributed by atoms with E-state index < -0.39 is 18.6 Å². The fourth-order valence-corrected chi connectivity index (χ4v) is 3.07. The number of fused-ring (bicyclic) bond motifs is 1. The molecule has 1 aliphatic heterocycles. The third-order valence-electron chi connectivity index (χ3n) is 3.00. The zero-order chi connectivity index (χ0) is 12.4. The van der Waals surface area contributed by atoms with Crippen LogP contribution in [0.2, 0.25) is 0 Å². The van der Waals surface area contributed by atoms with Gasteiger partial charge in [0.15, 0.2) is 0 Å². The monoisotopic (exact) mass is 259 g/mol. The Labute approximate surface area is 103 Å². The Morgan fingerprint density at radius 1 is 1.41 bits per heavy atom. The Morgan fingerprint density at radius 2 is 2.18 bits per heavy atom. The lowest BCUT2D eigenvalue weighted by Crippen LogP contribution is -2.38. The molecule has 17 heavy (non-hydrogen) atoms. The Morgan fingerprint density at radius 3 is 2.82 bits per heavy atom. The van der Waals surface area contributed by atoms with Gasteiger partial charge in [0.05, 0.1) is 12.1 Å². The Kier molecular flexibility index (Phi) is 4.01. The van der Waals surface area contributed by atoms with E-state index in [1.165, 1.54) is 11.9 Å². The average Bonchev–Trinajstić information content (AvgIpc) is 2.75. The summed E-state index contributed by atoms with van der Waals surface area (Å²) >= 11 is 1.76. The first-order valence-electron chi connectivity index (χ1n) is 5.52. The highest BCUT2D eigenvalue weighted by Crippen LogP contribution is 2.33. The fourth-order valence-electron chi connectivity index (χ4n) is 2.02. The van der Waals surface area contributed by atoms with Crippen molar-refractivity contribution in [3.8, 4) is 0 Å². The summed E-state index contributed by atoms with van der Waals surface area (Å²) in [4.78, 5) is 1.19. The van der Waals surface area contributed by atoms with Crippen LogP contribution in [0, 0.1) is 0 Å². The van der Waals surface area contributed by atoms with Gasteiger partial charge in [0.25, 0.3) is 6.43 Å². The topological polar surface area (TPSA) is 32.3 Å². The molecule has 1 aliphatic rings. The molecule has 0 amide bonds. The molecule has 0 bridgehead atoms. The summed E-state index contributed by atoms with van der Waals surface area (Å²) in [6.07, 6.45) is -2.81. The van der Waals surface area contributed by atoms with E-state index in [4.69, 9.17) is 0 Å². The van der Waals surface area contributed by atoms with Crippen LogP contribution in [-0.4, -0.2) is 30.4 Å². The summed E-state index contributed by atoms with van der Waals surface area (Å²) in [6.45, 7) is 0. The smallest absolute Gasteiger partial charge is 0.256 e. The van der Waals surface area contributed by atoms with Gasteiger partial charge in [0.2, 0.25) is 0 Å². The lowest BCUT2D eigenvalue weighted by Gasteiger charge is -2.22. The van der Waals surface area contributed by atoms with Crippen LogP contribution in [0.25, 0.3) is 0 Å². The molecule has 0 aliphatic carbocycles. The number of thioether (sulfide) groups is 1. The lowest BCUT2D eigenvalue weighted by atomic mass is 10.00. The van der Waals surface area contributed by atoms with Crippen LogP contribution < -0.4 is 5.32 Å². The van der Waals surface area contributed by atoms with Crippen LogP contribution in [0.4, 0.5) is 8.78 Å². The molecule has 1 aromatic carbocycles. The van der Waals surface area contributed by atoms with Crippen LogP contribution in [0.1, 0.15) is 17.2 Å². The number of alkyl halides is 2. The van der Waals surface area contributed by atoms with Crippen molar-refractivity contribution in [3.63, 3.8) is 0 Å². The maximum absolute atomic E-state index is 12.7. The number of hydrogen-bond donors (Lipinski definition) is 2. The minimum absolute atomic E-state index is 0.561. The number of likely N-dealkylation sites (N-methyl/N-ethyl adjacent to an activating group) is 1. The van der Waals surface area contributed by atoms with E-state index in [2.05, 4.69) is 5.32 Å². The van der Waals surface area contributed by atoms with E-state index in [0.717, 1.165) is 17.7 Å². The maximum atomic E-state index is 12.7. The van der Waals surface area contributed by atoms with Crippen LogP contribution in [0.5, 0.6) is 0 Å². The number of nitrogens with one attached hydrogen (secondary N) is 1. The van der Waals surface area contributed by atoms with Crippen molar-refractivity contribution in [2.45, 2.75) is 29.9 Å². The van der Waals surface area contributed by atoms with Crippen molar-refractivity contribution in [1.29, 1.82) is 0 Å². The van der Waals surface area contributed by atoms with Crippen LogP contribution in [-0.2, 0) is 6.42 Å². The summed E-state index contributed by atoms with van der Waals surface area (Å²) in [7, 11) is 1.43. The third-order valence-corrected chi connectivity index (χ3v) is 4.12. The Balaban J connectivity index is 2.21. The first kappa shape index (κ1) is 12.8. The molecule has 2 N–H and O–H groups in total. The van der Waals surface area contributed by atoms with Crippen molar-refractivity contribution in [2.24, 2.45) is 0 Å². The lowest BCUT2D eigenvalue weighted by molar-refractivity contribution is 0.0209. The second-order valence-electron chi connectivity index (χ2n) is 4.06. The third kappa shape index (κ3) is 2.61. The molecule has 0 aromatic heterocycles. The van der Waals surface area contributed by atoms with Crippen LogP contribution in [0.15, 0.2) is 23.1 Å². The Bertz CT molecular complexity index is 400. The zero-order valence-corrected chi connectivity index (χ0v) is 10.3. The molecule has 5 heteroatoms. The molecule has 2 rings (SSSR count). The van der Waals surface area contributed by atoms with Gasteiger partial charge in [-0.05, 0) is 30.7 Å². The minimum Gasteiger partial charge on any atom is -0.387 e. The number of hydrogen-bond acceptors (Lipinski definition) is 3. The molecule has 0 spiro atoms. The van der Waals surface area contributed by atoms with Crippen molar-refractivity contribution < 1.29 is 13.9 Å². The molecule has 2 atom stereocenters. The van der Waals surface area contributed by atoms with Gasteiger partial charge in [0, 0.05) is 10.6 Å². The summed E-state index contributed by atoms with van der Waals surface area (Å²) in [5.41, 5.74) is 1.71. The average molecular weight is 259 g/mol. The van der Waals surface area contributed by atoms with E-state index in [-0.39, 0.29) is 0 Å². The van der Waals surface area contributed by atoms with E-state index in [0.29, 0.717) is 5.56 Å². The van der Waals surface area contributed by atoms with E-state index in [1.54, 1.807) is 17.8 Å². The highest BCUT2D eigenvalue weighted by atomic mass is 32.2. The summed E-state index contributed by atoms with van der Waals surface area (Å²) in [5.74, 6) is 1.03. The van der Waals surface area contributed by atoms with Crippen LogP contribution in [0.3, 0.4) is 0 Å². The highest BCUT2D eigenvalue weighted by molar-refractivity contribution is 7.99. The number of benzene rings is 1. The summed E-state index contributed by atoms with van der Waals surface area (Å²) in [6, 6.07) is 4.26. The van der Waals surface area contributed by atoms with Gasteiger partial charge in [0.1, 0.15) is 0 Å². The first-order chi connectivity index (χ1) is 8.13. The predicted molar refractivity (Wildman–Crippen MR) is 64.7 cm³/mol. The molecule has 1 aromatic rings. The van der Waals surface area contributed by atoms with E-state index in [9.17, 15) is 13.9 Å². The summed E-state index contributed by atoms with van der Waals surface area (Å²) < 4.78 is 25.4. The van der Waals surface area contributed by atoms with Gasteiger partial charge in [-0.15, -0.1) is 11.8 Å². The molecular formula is C12H15F2NOS. The molecule has 94 valence electrons. The predicted octanol–water partition coefficient (Wildman–Crippen LogP) is 2.22. The number of aliphatic hydroxyl groups is 1. The highest BCUT2D eigenvalue weighted by Gasteiger charge is 2.28. The Hall–Kier alpha value is -0.650. The van der Waals surface area contributed by atoms with Gasteiger partial charge in [-0.25, -0.2) is 8.78 Å². The molecule has 0 radical (unpaired) electrons. The van der Waals surface area contributed by atoms with Crippen molar-refractivity contribution in [3.05, 3.63) is 29.3 Å². The van der Waals surface area contributed by atoms with Gasteiger partial charge >= 0.3 is 0 Å². The molecular weight excluding hydrogens is 244 g/mol. The van der Waals surface area contributed by atoms with Gasteiger partial charge in [-0.3, -0.25) is 0 Å². The molecule has 0 saturated carbocycles. The number of aliphatic hydroxyl groups excluding tert-OH is 1. The van der Waals surface area contributed by atoms with Crippen molar-refractivity contribution in [1.82, 2.24) is 5.32 Å². The normalized spacial score (nSPS) is 18.2. The molecule has 0 saturated heterocycles. The van der Waals surface area contributed by atoms with Gasteiger partial charge in [-0.1, -0.05) is 12.1 Å². The quantitative estimate of drug-likeness (QED) is 0.869. The molecule has 1 heterocycles. The largest absolute Gasteiger partial charge is 0.387 e. The zero-order valence-electron chi connectivity index (χ0n) is 9.49. The van der Waals surface area contributed by atoms with Gasteiger partial charge < -0.3 is 10.4 Å². The SMILES string of the molecule is CNC(C(F)F)C(O)c1ccc2c(c1)CCS2. The number of rotatable bonds is 4. The second kappa shape index (κ2) is 5.33. The standard InChI is InChI=1S/C12H15F2NOS/c1-15-10(12(13)14)11(16)8-2-3-9-7(6-8)4-5-17-9/h2-3,6,10-12,15-16H,4-5H2,1H3. The van der Waals surface area contributed by atoms with Crippen molar-refractivity contribution in [2.75, 3.05) is 12.8 Å². The first-order valence-corrected chi connectivity index (χ1v) is 6.51. The maximum Gasteiger partial charge on any atom is 0.256 e. The van der Waals surface area contributed by atoms with E-state index in [1.807, 2.05) is 12.1 Å². The number of aryl methyl sites for hydroxylation is 1. The molecule has 2 unspecified atom stereocenters.